The highest BCUT2D eigenvalue weighted by Gasteiger charge is 2.19. The second kappa shape index (κ2) is 5.36. The topological polar surface area (TPSA) is 49.8 Å². The minimum absolute atomic E-state index is 0.900. The normalized spacial score (nSPS) is 14.1. The second-order valence-corrected chi connectivity index (χ2v) is 6.97. The van der Waals surface area contributed by atoms with Crippen LogP contribution >= 0.6 is 27.3 Å². The number of benzene rings is 1. The van der Waals surface area contributed by atoms with Gasteiger partial charge in [-0.15, -0.1) is 11.3 Å². The molecule has 3 aromatic rings. The van der Waals surface area contributed by atoms with Gasteiger partial charge >= 0.3 is 0 Å². The molecule has 106 valence electrons. The number of thiophene rings is 1. The fourth-order valence-corrected chi connectivity index (χ4v) is 4.21. The number of nitrogens with zero attached hydrogens (tertiary/aromatic N) is 2. The van der Waals surface area contributed by atoms with Crippen LogP contribution in [0.15, 0.2) is 35.1 Å². The zero-order valence-corrected chi connectivity index (χ0v) is 13.6. The van der Waals surface area contributed by atoms with Crippen LogP contribution in [0.2, 0.25) is 0 Å². The second-order valence-electron chi connectivity index (χ2n) is 4.97. The van der Waals surface area contributed by atoms with Crippen molar-refractivity contribution >= 4 is 49.0 Å². The highest BCUT2D eigenvalue weighted by molar-refractivity contribution is 9.10. The van der Waals surface area contributed by atoms with Crippen LogP contribution in [0, 0.1) is 0 Å². The van der Waals surface area contributed by atoms with Crippen molar-refractivity contribution < 1.29 is 0 Å². The van der Waals surface area contributed by atoms with Crippen molar-refractivity contribution in [3.8, 4) is 0 Å². The van der Waals surface area contributed by atoms with Gasteiger partial charge in [-0.05, 0) is 36.7 Å². The third-order valence-electron chi connectivity index (χ3n) is 3.60. The summed E-state index contributed by atoms with van der Waals surface area (Å²) in [5, 5.41) is 8.02. The number of nitrogens with one attached hydrogen (secondary N) is 2. The molecule has 3 heterocycles. The molecule has 0 unspecified atom stereocenters. The van der Waals surface area contributed by atoms with Crippen molar-refractivity contribution in [1.82, 2.24) is 15.3 Å². The number of hydrogen-bond donors (Lipinski definition) is 2. The van der Waals surface area contributed by atoms with Crippen LogP contribution in [-0.2, 0) is 13.0 Å². The molecule has 0 fully saturated rings. The van der Waals surface area contributed by atoms with Gasteiger partial charge in [-0.1, -0.05) is 22.0 Å². The van der Waals surface area contributed by atoms with Gasteiger partial charge in [-0.3, -0.25) is 0 Å². The molecule has 6 heteroatoms. The van der Waals surface area contributed by atoms with Gasteiger partial charge in [-0.25, -0.2) is 9.97 Å². The molecule has 4 nitrogen and oxygen atoms in total. The smallest absolute Gasteiger partial charge is 0.142 e. The van der Waals surface area contributed by atoms with E-state index in [1.165, 1.54) is 15.8 Å². The maximum Gasteiger partial charge on any atom is 0.142 e. The standard InChI is InChI=1S/C15H13BrN4S/c16-9-2-1-3-10(6-9)20-14-13-11-4-5-17-7-12(11)21-15(13)19-8-18-14/h1-3,6,8,17H,4-5,7H2,(H,18,19,20). The Morgan fingerprint density at radius 3 is 3.14 bits per heavy atom. The quantitative estimate of drug-likeness (QED) is 0.728. The molecule has 4 rings (SSSR count). The number of anilines is 2. The van der Waals surface area contributed by atoms with Gasteiger partial charge in [0.25, 0.3) is 0 Å². The van der Waals surface area contributed by atoms with E-state index >= 15 is 0 Å². The first-order chi connectivity index (χ1) is 10.3. The molecule has 0 saturated carbocycles. The summed E-state index contributed by atoms with van der Waals surface area (Å²) in [6.45, 7) is 1.96. The lowest BCUT2D eigenvalue weighted by atomic mass is 10.1. The van der Waals surface area contributed by atoms with Crippen LogP contribution in [0.4, 0.5) is 11.5 Å². The minimum atomic E-state index is 0.900. The van der Waals surface area contributed by atoms with Crippen molar-refractivity contribution in [1.29, 1.82) is 0 Å². The summed E-state index contributed by atoms with van der Waals surface area (Å²) in [6.07, 6.45) is 2.67. The van der Waals surface area contributed by atoms with E-state index in [0.29, 0.717) is 0 Å². The summed E-state index contributed by atoms with van der Waals surface area (Å²) in [6, 6.07) is 8.12. The Kier molecular flexibility index (Phi) is 3.37. The van der Waals surface area contributed by atoms with Gasteiger partial charge in [0, 0.05) is 21.6 Å². The largest absolute Gasteiger partial charge is 0.340 e. The van der Waals surface area contributed by atoms with Gasteiger partial charge in [-0.2, -0.15) is 0 Å². The number of halogens is 1. The van der Waals surface area contributed by atoms with Gasteiger partial charge < -0.3 is 10.6 Å². The molecule has 21 heavy (non-hydrogen) atoms. The lowest BCUT2D eigenvalue weighted by Gasteiger charge is -2.13. The Morgan fingerprint density at radius 2 is 2.24 bits per heavy atom. The van der Waals surface area contributed by atoms with Crippen molar-refractivity contribution in [2.45, 2.75) is 13.0 Å². The third kappa shape index (κ3) is 2.43. The van der Waals surface area contributed by atoms with Gasteiger partial charge in [0.1, 0.15) is 17.0 Å². The highest BCUT2D eigenvalue weighted by atomic mass is 79.9. The number of aromatic nitrogens is 2. The summed E-state index contributed by atoms with van der Waals surface area (Å²) in [4.78, 5) is 11.3. The summed E-state index contributed by atoms with van der Waals surface area (Å²) in [5.74, 6) is 0.900. The van der Waals surface area contributed by atoms with E-state index in [1.807, 2.05) is 24.3 Å². The Morgan fingerprint density at radius 1 is 1.29 bits per heavy atom. The monoisotopic (exact) mass is 360 g/mol. The van der Waals surface area contributed by atoms with Crippen LogP contribution in [0.5, 0.6) is 0 Å². The molecular formula is C15H13BrN4S. The van der Waals surface area contributed by atoms with E-state index < -0.39 is 0 Å². The Hall–Kier alpha value is -1.50. The molecular weight excluding hydrogens is 348 g/mol. The lowest BCUT2D eigenvalue weighted by molar-refractivity contribution is 0.657. The first-order valence-electron chi connectivity index (χ1n) is 6.80. The molecule has 0 atom stereocenters. The molecule has 2 N–H and O–H groups in total. The van der Waals surface area contributed by atoms with Crippen LogP contribution in [-0.4, -0.2) is 16.5 Å². The van der Waals surface area contributed by atoms with Crippen LogP contribution in [0.25, 0.3) is 10.2 Å². The molecule has 0 amide bonds. The molecule has 1 aliphatic heterocycles. The summed E-state index contributed by atoms with van der Waals surface area (Å²) in [5.41, 5.74) is 2.42. The minimum Gasteiger partial charge on any atom is -0.340 e. The van der Waals surface area contributed by atoms with E-state index in [1.54, 1.807) is 17.7 Å². The Balaban J connectivity index is 1.83. The van der Waals surface area contributed by atoms with Crippen LogP contribution in [0.1, 0.15) is 10.4 Å². The zero-order valence-electron chi connectivity index (χ0n) is 11.2. The average Bonchev–Trinajstić information content (AvgIpc) is 2.87. The molecule has 2 aromatic heterocycles. The third-order valence-corrected chi connectivity index (χ3v) is 5.23. The predicted molar refractivity (Wildman–Crippen MR) is 90.3 cm³/mol. The van der Waals surface area contributed by atoms with Crippen LogP contribution < -0.4 is 10.6 Å². The molecule has 0 aliphatic carbocycles. The van der Waals surface area contributed by atoms with E-state index in [9.17, 15) is 0 Å². The SMILES string of the molecule is Brc1cccc(Nc2ncnc3sc4c(c23)CCNC4)c1. The van der Waals surface area contributed by atoms with Gasteiger partial charge in [0.05, 0.1) is 5.39 Å². The van der Waals surface area contributed by atoms with Crippen LogP contribution in [0.3, 0.4) is 0 Å². The Labute approximate surface area is 134 Å². The maximum atomic E-state index is 4.46. The first-order valence-corrected chi connectivity index (χ1v) is 8.41. The molecule has 0 bridgehead atoms. The fraction of sp³-hybridized carbons (Fsp3) is 0.200. The van der Waals surface area contributed by atoms with E-state index in [4.69, 9.17) is 0 Å². The maximum absolute atomic E-state index is 4.46. The van der Waals surface area contributed by atoms with Gasteiger partial charge in [0.15, 0.2) is 0 Å². The van der Waals surface area contributed by atoms with Gasteiger partial charge in [0.2, 0.25) is 0 Å². The highest BCUT2D eigenvalue weighted by Crippen LogP contribution is 2.36. The lowest BCUT2D eigenvalue weighted by Crippen LogP contribution is -2.22. The summed E-state index contributed by atoms with van der Waals surface area (Å²) < 4.78 is 1.05. The Bertz CT molecular complexity index is 815. The van der Waals surface area contributed by atoms with E-state index in [-0.39, 0.29) is 0 Å². The molecule has 0 saturated heterocycles. The van der Waals surface area contributed by atoms with Crippen molar-refractivity contribution in [2.24, 2.45) is 0 Å². The molecule has 0 radical (unpaired) electrons. The van der Waals surface area contributed by atoms with E-state index in [2.05, 4.69) is 36.5 Å². The number of rotatable bonds is 2. The number of hydrogen-bond acceptors (Lipinski definition) is 5. The molecule has 1 aromatic carbocycles. The van der Waals surface area contributed by atoms with E-state index in [0.717, 1.165) is 40.3 Å². The molecule has 0 spiro atoms. The van der Waals surface area contributed by atoms with Crippen molar-refractivity contribution in [3.63, 3.8) is 0 Å². The summed E-state index contributed by atoms with van der Waals surface area (Å²) in [7, 11) is 0. The zero-order chi connectivity index (χ0) is 14.2. The van der Waals surface area contributed by atoms with Crippen molar-refractivity contribution in [2.75, 3.05) is 11.9 Å². The predicted octanol–water partition coefficient (Wildman–Crippen LogP) is 3.84. The fourth-order valence-electron chi connectivity index (χ4n) is 2.66. The first kappa shape index (κ1) is 13.2. The van der Waals surface area contributed by atoms with Crippen molar-refractivity contribution in [3.05, 3.63) is 45.5 Å². The molecule has 1 aliphatic rings. The number of fused-ring (bicyclic) bond motifs is 3. The average molecular weight is 361 g/mol. The summed E-state index contributed by atoms with van der Waals surface area (Å²) >= 11 is 5.26.